The molecule has 57 heavy (non-hydrogen) atoms. The summed E-state index contributed by atoms with van der Waals surface area (Å²) in [6, 6.07) is 0. The van der Waals surface area contributed by atoms with Gasteiger partial charge in [0.1, 0.15) is 55.2 Å². The van der Waals surface area contributed by atoms with Crippen LogP contribution in [0, 0.1) is 0 Å². The summed E-state index contributed by atoms with van der Waals surface area (Å²) in [5.74, 6) is 3.37. The minimum absolute atomic E-state index is 0.0103. The van der Waals surface area contributed by atoms with E-state index in [0.29, 0.717) is 95.0 Å². The van der Waals surface area contributed by atoms with Gasteiger partial charge in [-0.2, -0.15) is 36.2 Å². The number of aromatic nitrogens is 12. The molecule has 0 fully saturated rings. The maximum atomic E-state index is 13.7. The van der Waals surface area contributed by atoms with E-state index in [4.69, 9.17) is 17.2 Å². The Kier molecular flexibility index (Phi) is 13.9. The molecular weight excluding hydrogens is 793 g/mol. The third-order valence-corrected chi connectivity index (χ3v) is 10.9. The van der Waals surface area contributed by atoms with E-state index in [-0.39, 0.29) is 54.8 Å². The number of hydrogen-bond acceptors (Lipinski definition) is 18. The van der Waals surface area contributed by atoms with Gasteiger partial charge >= 0.3 is 0 Å². The van der Waals surface area contributed by atoms with E-state index in [1.54, 1.807) is 51.9 Å². The first-order valence-corrected chi connectivity index (χ1v) is 20.6. The average molecular weight is 835 g/mol. The molecule has 0 aliphatic carbocycles. The van der Waals surface area contributed by atoms with Crippen LogP contribution in [0.3, 0.4) is 0 Å². The fourth-order valence-electron chi connectivity index (χ4n) is 5.82. The Balaban J connectivity index is 1.01. The van der Waals surface area contributed by atoms with Crippen LogP contribution in [-0.4, -0.2) is 152 Å². The molecule has 0 aliphatic heterocycles. The molecule has 21 nitrogen and oxygen atoms in total. The number of nitrogen functional groups attached to an aromatic ring is 3. The number of nitrogens with two attached hydrogens (primary N) is 3. The van der Waals surface area contributed by atoms with Crippen molar-refractivity contribution in [2.24, 2.45) is 0 Å². The van der Waals surface area contributed by atoms with Gasteiger partial charge in [0.15, 0.2) is 34.4 Å². The van der Waals surface area contributed by atoms with E-state index >= 15 is 0 Å². The molecule has 0 saturated carbocycles. The maximum absolute atomic E-state index is 13.7. The van der Waals surface area contributed by atoms with Gasteiger partial charge in [0.05, 0.1) is 19.0 Å². The van der Waals surface area contributed by atoms with Crippen molar-refractivity contribution in [1.29, 1.82) is 0 Å². The van der Waals surface area contributed by atoms with E-state index in [1.807, 2.05) is 0 Å². The van der Waals surface area contributed by atoms with Crippen LogP contribution in [0.5, 0.6) is 0 Å². The monoisotopic (exact) mass is 834 g/mol. The lowest BCUT2D eigenvalue weighted by molar-refractivity contribution is -0.132. The Morgan fingerprint density at radius 3 is 1.33 bits per heavy atom. The number of imidazole rings is 3. The second-order valence-electron chi connectivity index (χ2n) is 12.4. The molecule has 6 aromatic rings. The number of thiol groups is 1. The number of carbonyl (C=O) groups excluding carboxylic acids is 3. The van der Waals surface area contributed by atoms with Gasteiger partial charge in [-0.3, -0.25) is 14.4 Å². The lowest BCUT2D eigenvalue weighted by Gasteiger charge is -2.24. The predicted octanol–water partition coefficient (Wildman–Crippen LogP) is 0.278. The van der Waals surface area contributed by atoms with Gasteiger partial charge in [-0.05, 0) is 6.20 Å². The average Bonchev–Trinajstić information content (AvgIpc) is 3.93. The molecule has 0 spiro atoms. The van der Waals surface area contributed by atoms with Crippen LogP contribution >= 0.6 is 36.2 Å². The van der Waals surface area contributed by atoms with Crippen molar-refractivity contribution in [1.82, 2.24) is 73.3 Å². The van der Waals surface area contributed by atoms with Gasteiger partial charge in [0, 0.05) is 61.5 Å². The highest BCUT2D eigenvalue weighted by atomic mass is 32.2. The molecule has 3 amide bonds. The molecule has 0 atom stereocenters. The third kappa shape index (κ3) is 9.98. The molecule has 0 bridgehead atoms. The molecule has 24 heteroatoms. The highest BCUT2D eigenvalue weighted by Gasteiger charge is 2.20. The lowest BCUT2D eigenvalue weighted by Crippen LogP contribution is -2.38. The number of anilines is 3. The summed E-state index contributed by atoms with van der Waals surface area (Å²) in [4.78, 5) is 82.6. The maximum Gasteiger partial charge on any atom is 0.246 e. The highest BCUT2D eigenvalue weighted by molar-refractivity contribution is 7.99. The Bertz CT molecular complexity index is 2350. The van der Waals surface area contributed by atoms with Crippen LogP contribution in [0.4, 0.5) is 17.5 Å². The molecule has 0 unspecified atom stereocenters. The molecule has 6 rings (SSSR count). The molecule has 300 valence electrons. The van der Waals surface area contributed by atoms with Crippen LogP contribution in [0.2, 0.25) is 0 Å². The summed E-state index contributed by atoms with van der Waals surface area (Å²) < 4.78 is 4.93. The zero-order chi connectivity index (χ0) is 40.3. The zero-order valence-electron chi connectivity index (χ0n) is 30.9. The van der Waals surface area contributed by atoms with Crippen LogP contribution in [0.15, 0.2) is 50.7 Å². The second-order valence-corrected chi connectivity index (χ2v) is 15.3. The van der Waals surface area contributed by atoms with E-state index < -0.39 is 0 Å². The molecule has 0 saturated heterocycles. The van der Waals surface area contributed by atoms with Crippen molar-refractivity contribution in [3.05, 3.63) is 50.7 Å². The van der Waals surface area contributed by atoms with Crippen molar-refractivity contribution < 1.29 is 14.4 Å². The molecule has 0 aromatic carbocycles. The largest absolute Gasteiger partial charge is 0.382 e. The van der Waals surface area contributed by atoms with Gasteiger partial charge < -0.3 is 45.6 Å². The molecule has 0 radical (unpaired) electrons. The van der Waals surface area contributed by atoms with Crippen LogP contribution < -0.4 is 17.2 Å². The Labute approximate surface area is 340 Å². The SMILES string of the molecule is C=CN(CCSCCN(CCSCCN(CCS)C(=O)Cn1cnc2c(N)ncnc21)C(=O)Cn1cnc2c(N)ncnc21)C(=O)Cn1cnc2c(N)ncnc21. The van der Waals surface area contributed by atoms with Crippen molar-refractivity contribution in [3.63, 3.8) is 0 Å². The number of thioether (sulfide) groups is 2. The summed E-state index contributed by atoms with van der Waals surface area (Å²) in [6.45, 7) is 6.23. The highest BCUT2D eigenvalue weighted by Crippen LogP contribution is 2.18. The van der Waals surface area contributed by atoms with Gasteiger partial charge in [0.25, 0.3) is 0 Å². The first kappa shape index (κ1) is 40.9. The van der Waals surface area contributed by atoms with Crippen LogP contribution in [0.1, 0.15) is 0 Å². The second kappa shape index (κ2) is 19.4. The smallest absolute Gasteiger partial charge is 0.246 e. The zero-order valence-corrected chi connectivity index (χ0v) is 33.4. The van der Waals surface area contributed by atoms with Crippen LogP contribution in [-0.2, 0) is 34.0 Å². The van der Waals surface area contributed by atoms with Gasteiger partial charge in [-0.1, -0.05) is 6.58 Å². The fraction of sp³-hybridized carbons (Fsp3) is 0.394. The predicted molar refractivity (Wildman–Crippen MR) is 223 cm³/mol. The lowest BCUT2D eigenvalue weighted by atomic mass is 10.4. The number of fused-ring (bicyclic) bond motifs is 3. The normalized spacial score (nSPS) is 11.4. The van der Waals surface area contributed by atoms with E-state index in [9.17, 15) is 14.4 Å². The van der Waals surface area contributed by atoms with E-state index in [2.05, 4.69) is 64.1 Å². The summed E-state index contributed by atoms with van der Waals surface area (Å²) in [5, 5.41) is 0. The third-order valence-electron chi connectivity index (χ3n) is 8.81. The minimum atomic E-state index is -0.183. The van der Waals surface area contributed by atoms with Gasteiger partial charge in [-0.15, -0.1) is 0 Å². The van der Waals surface area contributed by atoms with Crippen molar-refractivity contribution in [2.45, 2.75) is 19.6 Å². The molecular formula is C33H42N18O3S3. The number of amides is 3. The number of hydrogen-bond donors (Lipinski definition) is 4. The summed E-state index contributed by atoms with van der Waals surface area (Å²) in [7, 11) is 0. The number of carbonyl (C=O) groups is 3. The summed E-state index contributed by atoms with van der Waals surface area (Å²) >= 11 is 7.62. The fourth-order valence-corrected chi connectivity index (χ4v) is 7.85. The van der Waals surface area contributed by atoms with E-state index in [0.717, 1.165) is 0 Å². The summed E-state index contributed by atoms with van der Waals surface area (Å²) in [6.07, 6.45) is 10.1. The Hall–Kier alpha value is -5.75. The molecule has 6 aromatic heterocycles. The van der Waals surface area contributed by atoms with Crippen molar-refractivity contribution in [2.75, 3.05) is 78.7 Å². The first-order valence-electron chi connectivity index (χ1n) is 17.7. The Morgan fingerprint density at radius 2 is 0.947 bits per heavy atom. The summed E-state index contributed by atoms with van der Waals surface area (Å²) in [5.41, 5.74) is 20.5. The van der Waals surface area contributed by atoms with Crippen molar-refractivity contribution >= 4 is 105 Å². The molecule has 6 heterocycles. The standard InChI is InChI=1S/C33H42N18O3S3/c1-2-46(22(52)13-49-19-43-25-28(34)37-16-40-31(25)49)4-9-56-11-6-48(24(54)15-51-21-45-27-30(36)39-18-42-33(27)51)7-12-57-10-5-47(3-8-55)23(53)14-50-20-44-26-29(35)38-17-41-32(26)50/h2,16-21,55H,1,3-15H2,(H2,34,37,40)(H2,35,38,41)(H2,36,39,42). The Morgan fingerprint density at radius 1 is 0.579 bits per heavy atom. The van der Waals surface area contributed by atoms with Crippen LogP contribution in [0.25, 0.3) is 33.5 Å². The minimum Gasteiger partial charge on any atom is -0.382 e. The first-order chi connectivity index (χ1) is 27.7. The number of nitrogens with zero attached hydrogens (tertiary/aromatic N) is 15. The molecule has 6 N–H and O–H groups in total. The topological polar surface area (TPSA) is 270 Å². The van der Waals surface area contributed by atoms with Gasteiger partial charge in [0.2, 0.25) is 17.7 Å². The van der Waals surface area contributed by atoms with E-state index in [1.165, 1.54) is 44.2 Å². The quantitative estimate of drug-likeness (QED) is 0.0560. The van der Waals surface area contributed by atoms with Crippen molar-refractivity contribution in [3.8, 4) is 0 Å². The van der Waals surface area contributed by atoms with Gasteiger partial charge in [-0.25, -0.2) is 44.9 Å². The molecule has 0 aliphatic rings. The number of rotatable bonds is 21.